The van der Waals surface area contributed by atoms with Gasteiger partial charge in [0.05, 0.1) is 11.7 Å². The molecular weight excluding hydrogens is 254 g/mol. The second-order valence-electron chi connectivity index (χ2n) is 5.96. The van der Waals surface area contributed by atoms with E-state index in [1.54, 1.807) is 18.2 Å². The minimum Gasteiger partial charge on any atom is -0.507 e. The number of amides is 1. The average Bonchev–Trinajstić information content (AvgIpc) is 3.26. The first kappa shape index (κ1) is 13.4. The molecule has 0 radical (unpaired) electrons. The molecule has 2 fully saturated rings. The fraction of sp³-hybridized carbons (Fsp3) is 0.562. The fourth-order valence-electron chi connectivity index (χ4n) is 2.85. The topological polar surface area (TPSA) is 58.6 Å². The summed E-state index contributed by atoms with van der Waals surface area (Å²) in [5.74, 6) is 0.550. The number of benzene rings is 1. The summed E-state index contributed by atoms with van der Waals surface area (Å²) in [6.45, 7) is 2.62. The number of aromatic hydroxyl groups is 1. The highest BCUT2D eigenvalue weighted by Gasteiger charge is 2.36. The summed E-state index contributed by atoms with van der Waals surface area (Å²) in [5.41, 5.74) is 1.33. The Morgan fingerprint density at radius 3 is 2.90 bits per heavy atom. The van der Waals surface area contributed by atoms with Gasteiger partial charge in [-0.1, -0.05) is 11.6 Å². The zero-order chi connectivity index (χ0) is 14.1. The molecule has 1 heterocycles. The van der Waals surface area contributed by atoms with Crippen molar-refractivity contribution < 1.29 is 14.6 Å². The van der Waals surface area contributed by atoms with Crippen molar-refractivity contribution in [3.05, 3.63) is 29.3 Å². The highest BCUT2D eigenvalue weighted by Crippen LogP contribution is 2.38. The molecule has 1 saturated heterocycles. The second-order valence-corrected chi connectivity index (χ2v) is 5.96. The second kappa shape index (κ2) is 5.44. The monoisotopic (exact) mass is 275 g/mol. The van der Waals surface area contributed by atoms with Crippen molar-refractivity contribution in [1.82, 2.24) is 5.32 Å². The van der Waals surface area contributed by atoms with Gasteiger partial charge in [-0.25, -0.2) is 0 Å². The Morgan fingerprint density at radius 1 is 1.35 bits per heavy atom. The van der Waals surface area contributed by atoms with Crippen LogP contribution in [-0.4, -0.2) is 29.8 Å². The number of hydrogen-bond acceptors (Lipinski definition) is 3. The van der Waals surface area contributed by atoms with Crippen LogP contribution in [-0.2, 0) is 4.74 Å². The SMILES string of the molecule is Cc1ccc(O)c(C(=O)NC2CCOC(C3CC3)C2)c1. The average molecular weight is 275 g/mol. The molecule has 4 heteroatoms. The summed E-state index contributed by atoms with van der Waals surface area (Å²) in [4.78, 5) is 12.3. The molecule has 20 heavy (non-hydrogen) atoms. The number of phenolic OH excluding ortho intramolecular Hbond substituents is 1. The van der Waals surface area contributed by atoms with Crippen LogP contribution in [0.1, 0.15) is 41.6 Å². The molecular formula is C16H21NO3. The summed E-state index contributed by atoms with van der Waals surface area (Å²) in [7, 11) is 0. The van der Waals surface area contributed by atoms with Crippen LogP contribution in [0.5, 0.6) is 5.75 Å². The minimum absolute atomic E-state index is 0.0407. The molecule has 1 aliphatic heterocycles. The van der Waals surface area contributed by atoms with E-state index in [2.05, 4.69) is 5.32 Å². The molecule has 1 aromatic carbocycles. The van der Waals surface area contributed by atoms with E-state index in [9.17, 15) is 9.90 Å². The molecule has 0 bridgehead atoms. The van der Waals surface area contributed by atoms with Crippen LogP contribution in [0, 0.1) is 12.8 Å². The van der Waals surface area contributed by atoms with Crippen LogP contribution in [0.3, 0.4) is 0 Å². The van der Waals surface area contributed by atoms with Crippen LogP contribution in [0.25, 0.3) is 0 Å². The number of nitrogens with one attached hydrogen (secondary N) is 1. The van der Waals surface area contributed by atoms with E-state index in [1.807, 2.05) is 6.92 Å². The first-order valence-corrected chi connectivity index (χ1v) is 7.35. The molecule has 1 aromatic rings. The predicted octanol–water partition coefficient (Wildman–Crippen LogP) is 2.39. The summed E-state index contributed by atoms with van der Waals surface area (Å²) in [6.07, 6.45) is 4.55. The maximum Gasteiger partial charge on any atom is 0.255 e. The zero-order valence-corrected chi connectivity index (χ0v) is 11.8. The van der Waals surface area contributed by atoms with Crippen LogP contribution < -0.4 is 5.32 Å². The fourth-order valence-corrected chi connectivity index (χ4v) is 2.85. The van der Waals surface area contributed by atoms with Crippen LogP contribution in [0.2, 0.25) is 0 Å². The molecule has 3 rings (SSSR count). The smallest absolute Gasteiger partial charge is 0.255 e. The van der Waals surface area contributed by atoms with Gasteiger partial charge in [-0.15, -0.1) is 0 Å². The molecule has 0 spiro atoms. The van der Waals surface area contributed by atoms with Gasteiger partial charge in [0.1, 0.15) is 5.75 Å². The van der Waals surface area contributed by atoms with Gasteiger partial charge in [0, 0.05) is 12.6 Å². The van der Waals surface area contributed by atoms with E-state index in [0.29, 0.717) is 24.2 Å². The summed E-state index contributed by atoms with van der Waals surface area (Å²) in [5, 5.41) is 12.8. The zero-order valence-electron chi connectivity index (χ0n) is 11.8. The van der Waals surface area contributed by atoms with E-state index >= 15 is 0 Å². The molecule has 1 saturated carbocycles. The summed E-state index contributed by atoms with van der Waals surface area (Å²) in [6, 6.07) is 5.24. The number of rotatable bonds is 3. The van der Waals surface area contributed by atoms with E-state index in [0.717, 1.165) is 18.4 Å². The standard InChI is InChI=1S/C16H21NO3/c1-10-2-5-14(18)13(8-10)16(19)17-12-6-7-20-15(9-12)11-3-4-11/h2,5,8,11-12,15,18H,3-4,6-7,9H2,1H3,(H,17,19). The lowest BCUT2D eigenvalue weighted by molar-refractivity contribution is -0.0102. The van der Waals surface area contributed by atoms with E-state index in [1.165, 1.54) is 12.8 Å². The Kier molecular flexibility index (Phi) is 3.66. The summed E-state index contributed by atoms with van der Waals surface area (Å²) >= 11 is 0. The lowest BCUT2D eigenvalue weighted by atomic mass is 9.99. The molecule has 1 aliphatic carbocycles. The third-order valence-corrected chi connectivity index (χ3v) is 4.19. The number of ether oxygens (including phenoxy) is 1. The van der Waals surface area contributed by atoms with Crippen LogP contribution >= 0.6 is 0 Å². The highest BCUT2D eigenvalue weighted by atomic mass is 16.5. The molecule has 1 amide bonds. The van der Waals surface area contributed by atoms with Crippen LogP contribution in [0.4, 0.5) is 0 Å². The molecule has 2 atom stereocenters. The van der Waals surface area contributed by atoms with Crippen molar-refractivity contribution >= 4 is 5.91 Å². The van der Waals surface area contributed by atoms with Gasteiger partial charge in [0.15, 0.2) is 0 Å². The molecule has 0 aromatic heterocycles. The van der Waals surface area contributed by atoms with E-state index in [4.69, 9.17) is 4.74 Å². The minimum atomic E-state index is -0.187. The van der Waals surface area contributed by atoms with Crippen LogP contribution in [0.15, 0.2) is 18.2 Å². The first-order chi connectivity index (χ1) is 9.63. The third-order valence-electron chi connectivity index (χ3n) is 4.19. The maximum atomic E-state index is 12.3. The Balaban J connectivity index is 1.64. The Hall–Kier alpha value is -1.55. The Bertz CT molecular complexity index is 510. The normalized spacial score (nSPS) is 26.2. The number of carbonyl (C=O) groups is 1. The first-order valence-electron chi connectivity index (χ1n) is 7.35. The van der Waals surface area contributed by atoms with Gasteiger partial charge in [-0.2, -0.15) is 0 Å². The van der Waals surface area contributed by atoms with Gasteiger partial charge in [-0.3, -0.25) is 4.79 Å². The Morgan fingerprint density at radius 2 is 2.15 bits per heavy atom. The quantitative estimate of drug-likeness (QED) is 0.890. The van der Waals surface area contributed by atoms with Gasteiger partial charge in [0.25, 0.3) is 5.91 Å². The van der Waals surface area contributed by atoms with E-state index < -0.39 is 0 Å². The molecule has 108 valence electrons. The van der Waals surface area contributed by atoms with Gasteiger partial charge in [-0.05, 0) is 50.7 Å². The van der Waals surface area contributed by atoms with Crippen molar-refractivity contribution in [2.75, 3.05) is 6.61 Å². The lowest BCUT2D eigenvalue weighted by Gasteiger charge is -2.30. The number of carbonyl (C=O) groups excluding carboxylic acids is 1. The predicted molar refractivity (Wildman–Crippen MR) is 75.8 cm³/mol. The largest absolute Gasteiger partial charge is 0.507 e. The van der Waals surface area contributed by atoms with Gasteiger partial charge in [0.2, 0.25) is 0 Å². The molecule has 2 aliphatic rings. The molecule has 4 nitrogen and oxygen atoms in total. The van der Waals surface area contributed by atoms with Gasteiger partial charge < -0.3 is 15.2 Å². The molecule has 2 N–H and O–H groups in total. The Labute approximate surface area is 119 Å². The van der Waals surface area contributed by atoms with Crippen molar-refractivity contribution in [2.45, 2.75) is 44.8 Å². The number of aryl methyl sites for hydroxylation is 1. The lowest BCUT2D eigenvalue weighted by Crippen LogP contribution is -2.42. The van der Waals surface area contributed by atoms with E-state index in [-0.39, 0.29) is 17.7 Å². The summed E-state index contributed by atoms with van der Waals surface area (Å²) < 4.78 is 5.76. The number of phenols is 1. The van der Waals surface area contributed by atoms with Crippen molar-refractivity contribution in [1.29, 1.82) is 0 Å². The third kappa shape index (κ3) is 2.96. The maximum absolute atomic E-state index is 12.3. The number of hydrogen-bond donors (Lipinski definition) is 2. The van der Waals surface area contributed by atoms with Gasteiger partial charge >= 0.3 is 0 Å². The van der Waals surface area contributed by atoms with Crippen molar-refractivity contribution in [2.24, 2.45) is 5.92 Å². The van der Waals surface area contributed by atoms with Crippen molar-refractivity contribution in [3.63, 3.8) is 0 Å². The highest BCUT2D eigenvalue weighted by molar-refractivity contribution is 5.97. The van der Waals surface area contributed by atoms with Crippen molar-refractivity contribution in [3.8, 4) is 5.75 Å². The molecule has 2 unspecified atom stereocenters.